The van der Waals surface area contributed by atoms with Gasteiger partial charge in [0.1, 0.15) is 17.2 Å². The number of benzene rings is 1. The molecule has 0 aliphatic heterocycles. The lowest BCUT2D eigenvalue weighted by molar-refractivity contribution is 0.406. The van der Waals surface area contributed by atoms with Crippen LogP contribution in [0.3, 0.4) is 0 Å². The van der Waals surface area contributed by atoms with E-state index < -0.39 is 0 Å². The SMILES string of the molecule is COc1ccc(Oc2cccnc2CN)c(C(C)(C)C)c1. The normalized spacial score (nSPS) is 11.3. The third-order valence-electron chi connectivity index (χ3n) is 3.26. The quantitative estimate of drug-likeness (QED) is 0.932. The Morgan fingerprint density at radius 1 is 1.14 bits per heavy atom. The van der Waals surface area contributed by atoms with Gasteiger partial charge in [-0.15, -0.1) is 0 Å². The minimum atomic E-state index is -0.0606. The molecule has 1 aromatic carbocycles. The summed E-state index contributed by atoms with van der Waals surface area (Å²) in [6, 6.07) is 9.55. The molecule has 0 unspecified atom stereocenters. The van der Waals surface area contributed by atoms with Gasteiger partial charge in [0, 0.05) is 18.3 Å². The molecular weight excluding hydrogens is 264 g/mol. The van der Waals surface area contributed by atoms with Crippen molar-refractivity contribution in [1.82, 2.24) is 4.98 Å². The molecule has 2 rings (SSSR count). The fraction of sp³-hybridized carbons (Fsp3) is 0.353. The lowest BCUT2D eigenvalue weighted by Gasteiger charge is -2.23. The van der Waals surface area contributed by atoms with Gasteiger partial charge in [0.05, 0.1) is 12.8 Å². The largest absolute Gasteiger partial charge is 0.497 e. The fourth-order valence-electron chi connectivity index (χ4n) is 2.10. The van der Waals surface area contributed by atoms with Crippen LogP contribution >= 0.6 is 0 Å². The number of methoxy groups -OCH3 is 1. The highest BCUT2D eigenvalue weighted by Crippen LogP contribution is 2.37. The van der Waals surface area contributed by atoms with E-state index in [1.165, 1.54) is 0 Å². The van der Waals surface area contributed by atoms with E-state index in [0.717, 1.165) is 22.8 Å². The predicted octanol–water partition coefficient (Wildman–Crippen LogP) is 3.64. The molecule has 1 heterocycles. The Bertz CT molecular complexity index is 618. The summed E-state index contributed by atoms with van der Waals surface area (Å²) in [5, 5.41) is 0. The number of pyridine rings is 1. The second-order valence-corrected chi connectivity index (χ2v) is 5.87. The Morgan fingerprint density at radius 3 is 2.52 bits per heavy atom. The second kappa shape index (κ2) is 6.14. The summed E-state index contributed by atoms with van der Waals surface area (Å²) < 4.78 is 11.4. The van der Waals surface area contributed by atoms with Crippen LogP contribution in [-0.4, -0.2) is 12.1 Å². The monoisotopic (exact) mass is 286 g/mol. The van der Waals surface area contributed by atoms with Crippen molar-refractivity contribution in [2.45, 2.75) is 32.7 Å². The van der Waals surface area contributed by atoms with Crippen molar-refractivity contribution in [3.8, 4) is 17.2 Å². The molecule has 0 saturated carbocycles. The molecule has 2 N–H and O–H groups in total. The van der Waals surface area contributed by atoms with E-state index in [4.69, 9.17) is 15.2 Å². The van der Waals surface area contributed by atoms with Gasteiger partial charge in [0.15, 0.2) is 0 Å². The number of ether oxygens (including phenoxy) is 2. The Balaban J connectivity index is 2.44. The van der Waals surface area contributed by atoms with E-state index in [9.17, 15) is 0 Å². The average molecular weight is 286 g/mol. The first-order valence-electron chi connectivity index (χ1n) is 6.96. The number of rotatable bonds is 4. The third-order valence-corrected chi connectivity index (χ3v) is 3.26. The van der Waals surface area contributed by atoms with Crippen LogP contribution in [0.4, 0.5) is 0 Å². The molecule has 0 aliphatic carbocycles. The molecule has 4 nitrogen and oxygen atoms in total. The van der Waals surface area contributed by atoms with Crippen LogP contribution < -0.4 is 15.2 Å². The maximum Gasteiger partial charge on any atom is 0.150 e. The van der Waals surface area contributed by atoms with Gasteiger partial charge in [0.2, 0.25) is 0 Å². The molecule has 4 heteroatoms. The standard InChI is InChI=1S/C17H22N2O2/c1-17(2,3)13-10-12(20-4)7-8-15(13)21-16-6-5-9-19-14(16)11-18/h5-10H,11,18H2,1-4H3. The van der Waals surface area contributed by atoms with Gasteiger partial charge in [-0.25, -0.2) is 0 Å². The van der Waals surface area contributed by atoms with E-state index in [-0.39, 0.29) is 5.41 Å². The Kier molecular flexibility index (Phi) is 4.48. The first-order valence-corrected chi connectivity index (χ1v) is 6.96. The van der Waals surface area contributed by atoms with Crippen molar-refractivity contribution >= 4 is 0 Å². The molecule has 0 atom stereocenters. The van der Waals surface area contributed by atoms with Crippen molar-refractivity contribution in [1.29, 1.82) is 0 Å². The number of aromatic nitrogens is 1. The second-order valence-electron chi connectivity index (χ2n) is 5.87. The van der Waals surface area contributed by atoms with Crippen LogP contribution in [0.1, 0.15) is 32.0 Å². The number of nitrogens with zero attached hydrogens (tertiary/aromatic N) is 1. The molecule has 0 aliphatic rings. The number of hydrogen-bond donors (Lipinski definition) is 1. The zero-order valence-corrected chi connectivity index (χ0v) is 13.0. The maximum absolute atomic E-state index is 6.06. The summed E-state index contributed by atoms with van der Waals surface area (Å²) in [7, 11) is 1.66. The first-order chi connectivity index (χ1) is 9.95. The van der Waals surface area contributed by atoms with E-state index in [0.29, 0.717) is 12.3 Å². The van der Waals surface area contributed by atoms with Gasteiger partial charge < -0.3 is 15.2 Å². The lowest BCUT2D eigenvalue weighted by atomic mass is 9.86. The van der Waals surface area contributed by atoms with Gasteiger partial charge in [-0.2, -0.15) is 0 Å². The van der Waals surface area contributed by atoms with Crippen LogP contribution in [0, 0.1) is 0 Å². The maximum atomic E-state index is 6.06. The zero-order valence-electron chi connectivity index (χ0n) is 13.0. The molecule has 0 spiro atoms. The smallest absolute Gasteiger partial charge is 0.150 e. The molecule has 21 heavy (non-hydrogen) atoms. The topological polar surface area (TPSA) is 57.4 Å². The highest BCUT2D eigenvalue weighted by Gasteiger charge is 2.21. The zero-order chi connectivity index (χ0) is 15.5. The van der Waals surface area contributed by atoms with Crippen molar-refractivity contribution in [3.63, 3.8) is 0 Å². The minimum absolute atomic E-state index is 0.0606. The highest BCUT2D eigenvalue weighted by atomic mass is 16.5. The van der Waals surface area contributed by atoms with Crippen LogP contribution in [0.5, 0.6) is 17.2 Å². The summed E-state index contributed by atoms with van der Waals surface area (Å²) in [5.41, 5.74) is 7.47. The molecular formula is C17H22N2O2. The molecule has 0 saturated heterocycles. The van der Waals surface area contributed by atoms with Gasteiger partial charge in [0.25, 0.3) is 0 Å². The van der Waals surface area contributed by atoms with Gasteiger partial charge in [-0.1, -0.05) is 20.8 Å². The summed E-state index contributed by atoms with van der Waals surface area (Å²) in [4.78, 5) is 4.24. The molecule has 0 fully saturated rings. The van der Waals surface area contributed by atoms with E-state index in [1.807, 2.05) is 30.3 Å². The predicted molar refractivity (Wildman–Crippen MR) is 83.9 cm³/mol. The molecule has 1 aromatic heterocycles. The Hall–Kier alpha value is -2.07. The van der Waals surface area contributed by atoms with Crippen LogP contribution in [0.15, 0.2) is 36.5 Å². The molecule has 0 radical (unpaired) electrons. The third kappa shape index (κ3) is 3.52. The van der Waals surface area contributed by atoms with Crippen molar-refractivity contribution in [2.75, 3.05) is 7.11 Å². The Labute approximate surface area is 125 Å². The van der Waals surface area contributed by atoms with Gasteiger partial charge >= 0.3 is 0 Å². The van der Waals surface area contributed by atoms with Crippen molar-refractivity contribution in [3.05, 3.63) is 47.8 Å². The summed E-state index contributed by atoms with van der Waals surface area (Å²) in [6.45, 7) is 6.77. The first kappa shape index (κ1) is 15.3. The van der Waals surface area contributed by atoms with E-state index in [2.05, 4.69) is 25.8 Å². The molecule has 2 aromatic rings. The summed E-state index contributed by atoms with van der Waals surface area (Å²) in [5.74, 6) is 2.30. The van der Waals surface area contributed by atoms with Crippen molar-refractivity contribution < 1.29 is 9.47 Å². The van der Waals surface area contributed by atoms with Gasteiger partial charge in [-0.05, 0) is 35.7 Å². The van der Waals surface area contributed by atoms with Gasteiger partial charge in [-0.3, -0.25) is 4.98 Å². The number of nitrogens with two attached hydrogens (primary N) is 1. The number of hydrogen-bond acceptors (Lipinski definition) is 4. The van der Waals surface area contributed by atoms with Crippen LogP contribution in [0.2, 0.25) is 0 Å². The Morgan fingerprint density at radius 2 is 1.90 bits per heavy atom. The average Bonchev–Trinajstić information content (AvgIpc) is 2.47. The molecule has 0 amide bonds. The fourth-order valence-corrected chi connectivity index (χ4v) is 2.10. The summed E-state index contributed by atoms with van der Waals surface area (Å²) in [6.07, 6.45) is 1.72. The van der Waals surface area contributed by atoms with Crippen molar-refractivity contribution in [2.24, 2.45) is 5.73 Å². The summed E-state index contributed by atoms with van der Waals surface area (Å²) >= 11 is 0. The molecule has 0 bridgehead atoms. The minimum Gasteiger partial charge on any atom is -0.497 e. The molecule has 112 valence electrons. The van der Waals surface area contributed by atoms with E-state index in [1.54, 1.807) is 13.3 Å². The van der Waals surface area contributed by atoms with Crippen LogP contribution in [-0.2, 0) is 12.0 Å². The van der Waals surface area contributed by atoms with E-state index >= 15 is 0 Å². The highest BCUT2D eigenvalue weighted by molar-refractivity contribution is 5.46. The van der Waals surface area contributed by atoms with Crippen LogP contribution in [0.25, 0.3) is 0 Å². The lowest BCUT2D eigenvalue weighted by Crippen LogP contribution is -2.13.